The first-order valence-corrected chi connectivity index (χ1v) is 3.51. The van der Waals surface area contributed by atoms with Crippen LogP contribution in [0.15, 0.2) is 0 Å². The van der Waals surface area contributed by atoms with Gasteiger partial charge in [0.25, 0.3) is 0 Å². The minimum Gasteiger partial charge on any atom is -0.394 e. The molecule has 0 bridgehead atoms. The Balaban J connectivity index is 2.53. The maximum Gasteiger partial charge on any atom is 0.0698 e. The van der Waals surface area contributed by atoms with Crippen molar-refractivity contribution in [3.05, 3.63) is 0 Å². The second kappa shape index (κ2) is 7.61. The first kappa shape index (κ1) is 8.61. The van der Waals surface area contributed by atoms with Crippen LogP contribution in [0.5, 0.6) is 0 Å². The van der Waals surface area contributed by atoms with E-state index in [4.69, 9.17) is 9.84 Å². The normalized spacial score (nSPS) is 9.75. The lowest BCUT2D eigenvalue weighted by Gasteiger charge is -1.97. The molecule has 0 aliphatic rings. The maximum atomic E-state index is 8.22. The van der Waals surface area contributed by atoms with Gasteiger partial charge in [0, 0.05) is 29.4 Å². The highest BCUT2D eigenvalue weighted by Crippen LogP contribution is 1.73. The van der Waals surface area contributed by atoms with Crippen molar-refractivity contribution in [2.75, 3.05) is 26.4 Å². The summed E-state index contributed by atoms with van der Waals surface area (Å²) in [6.45, 7) is 2.06. The average Bonchev–Trinajstić information content (AvgIpc) is 1.81. The summed E-state index contributed by atoms with van der Waals surface area (Å²) in [6, 6.07) is 0. The van der Waals surface area contributed by atoms with E-state index in [1.54, 1.807) is 0 Å². The third-order valence-electron chi connectivity index (χ3n) is 0.577. The number of hydrogen-bond acceptors (Lipinski definition) is 3. The van der Waals surface area contributed by atoms with E-state index in [0.29, 0.717) is 13.2 Å². The van der Waals surface area contributed by atoms with Gasteiger partial charge in [-0.05, 0) is 0 Å². The van der Waals surface area contributed by atoms with E-state index in [1.807, 2.05) is 22.9 Å². The van der Waals surface area contributed by atoms with Gasteiger partial charge in [-0.2, -0.15) is 0 Å². The van der Waals surface area contributed by atoms with Crippen molar-refractivity contribution >= 4 is 22.9 Å². The Kier molecular flexibility index (Phi) is 8.19. The van der Waals surface area contributed by atoms with Crippen molar-refractivity contribution in [3.63, 3.8) is 0 Å². The molecule has 2 N–H and O–H groups in total. The monoisotopic (exact) mass is 231 g/mol. The van der Waals surface area contributed by atoms with Crippen LogP contribution < -0.4 is 3.53 Å². The molecule has 0 rings (SSSR count). The SMILES string of the molecule is OCCOCCNI. The van der Waals surface area contributed by atoms with Crippen LogP contribution in [0, 0.1) is 0 Å². The van der Waals surface area contributed by atoms with E-state index in [0.717, 1.165) is 6.54 Å². The van der Waals surface area contributed by atoms with Gasteiger partial charge in [0.1, 0.15) is 0 Å². The van der Waals surface area contributed by atoms with Crippen LogP contribution in [0.2, 0.25) is 0 Å². The Morgan fingerprint density at radius 1 is 1.50 bits per heavy atom. The van der Waals surface area contributed by atoms with Gasteiger partial charge in [0.2, 0.25) is 0 Å². The molecule has 0 aromatic carbocycles. The standard InChI is InChI=1S/C4H10INO2/c5-6-1-3-8-4-2-7/h6-7H,1-4H2. The topological polar surface area (TPSA) is 41.5 Å². The zero-order valence-electron chi connectivity index (χ0n) is 4.56. The third-order valence-corrected chi connectivity index (χ3v) is 1.12. The molecule has 0 aromatic rings. The van der Waals surface area contributed by atoms with Crippen molar-refractivity contribution < 1.29 is 9.84 Å². The number of rotatable bonds is 5. The molecule has 0 atom stereocenters. The zero-order chi connectivity index (χ0) is 6.24. The number of halogens is 1. The van der Waals surface area contributed by atoms with E-state index in [9.17, 15) is 0 Å². The highest BCUT2D eigenvalue weighted by molar-refractivity contribution is 14.1. The third kappa shape index (κ3) is 6.61. The van der Waals surface area contributed by atoms with E-state index in [-0.39, 0.29) is 6.61 Å². The smallest absolute Gasteiger partial charge is 0.0698 e. The van der Waals surface area contributed by atoms with Crippen LogP contribution in [0.3, 0.4) is 0 Å². The summed E-state index contributed by atoms with van der Waals surface area (Å²) in [5, 5.41) is 8.22. The number of aliphatic hydroxyl groups is 1. The van der Waals surface area contributed by atoms with E-state index in [1.165, 1.54) is 0 Å². The van der Waals surface area contributed by atoms with Crippen molar-refractivity contribution in [1.29, 1.82) is 0 Å². The molecule has 0 spiro atoms. The van der Waals surface area contributed by atoms with Crippen molar-refractivity contribution in [3.8, 4) is 0 Å². The molecular formula is C4H10INO2. The molecule has 0 amide bonds. The summed E-state index contributed by atoms with van der Waals surface area (Å²) in [5.74, 6) is 0. The van der Waals surface area contributed by atoms with Crippen LogP contribution in [-0.2, 0) is 4.74 Å². The first-order valence-electron chi connectivity index (χ1n) is 2.44. The van der Waals surface area contributed by atoms with Gasteiger partial charge >= 0.3 is 0 Å². The van der Waals surface area contributed by atoms with Gasteiger partial charge in [0.05, 0.1) is 19.8 Å². The zero-order valence-corrected chi connectivity index (χ0v) is 6.72. The Morgan fingerprint density at radius 3 is 2.75 bits per heavy atom. The van der Waals surface area contributed by atoms with Gasteiger partial charge < -0.3 is 9.84 Å². The number of nitrogens with one attached hydrogen (secondary N) is 1. The van der Waals surface area contributed by atoms with Crippen LogP contribution in [-0.4, -0.2) is 31.5 Å². The van der Waals surface area contributed by atoms with Crippen LogP contribution in [0.4, 0.5) is 0 Å². The minimum atomic E-state index is 0.112. The lowest BCUT2D eigenvalue weighted by molar-refractivity contribution is 0.0968. The molecule has 0 saturated heterocycles. The quantitative estimate of drug-likeness (QED) is 0.395. The summed E-state index contributed by atoms with van der Waals surface area (Å²) >= 11 is 2.05. The largest absolute Gasteiger partial charge is 0.394 e. The highest BCUT2D eigenvalue weighted by atomic mass is 127. The summed E-state index contributed by atoms with van der Waals surface area (Å²) < 4.78 is 7.80. The lowest BCUT2D eigenvalue weighted by Crippen LogP contribution is -2.10. The molecule has 0 fully saturated rings. The first-order chi connectivity index (χ1) is 3.91. The van der Waals surface area contributed by atoms with E-state index >= 15 is 0 Å². The van der Waals surface area contributed by atoms with Gasteiger partial charge in [0.15, 0.2) is 0 Å². The second-order valence-corrected chi connectivity index (χ2v) is 1.98. The molecule has 0 aliphatic heterocycles. The van der Waals surface area contributed by atoms with Crippen molar-refractivity contribution in [1.82, 2.24) is 3.53 Å². The lowest BCUT2D eigenvalue weighted by atomic mass is 10.7. The molecular weight excluding hydrogens is 221 g/mol. The summed E-state index contributed by atoms with van der Waals surface area (Å²) in [5.41, 5.74) is 0. The predicted octanol–water partition coefficient (Wildman–Crippen LogP) is -0.0651. The minimum absolute atomic E-state index is 0.112. The second-order valence-electron chi connectivity index (χ2n) is 1.22. The maximum absolute atomic E-state index is 8.22. The average molecular weight is 231 g/mol. The van der Waals surface area contributed by atoms with E-state index in [2.05, 4.69) is 3.53 Å². The molecule has 0 aliphatic carbocycles. The Morgan fingerprint density at radius 2 is 2.25 bits per heavy atom. The predicted molar refractivity (Wildman–Crippen MR) is 39.9 cm³/mol. The molecule has 0 saturated carbocycles. The summed E-state index contributed by atoms with van der Waals surface area (Å²) in [7, 11) is 0. The fraction of sp³-hybridized carbons (Fsp3) is 1.00. The summed E-state index contributed by atoms with van der Waals surface area (Å²) in [6.07, 6.45) is 0. The van der Waals surface area contributed by atoms with Gasteiger partial charge in [-0.15, -0.1) is 0 Å². The Hall–Kier alpha value is 0.610. The number of aliphatic hydroxyl groups excluding tert-OH is 1. The molecule has 0 unspecified atom stereocenters. The number of hydrogen-bond donors (Lipinski definition) is 2. The molecule has 0 aromatic heterocycles. The Labute approximate surface area is 62.9 Å². The summed E-state index contributed by atoms with van der Waals surface area (Å²) in [4.78, 5) is 0. The van der Waals surface area contributed by atoms with Crippen LogP contribution in [0.25, 0.3) is 0 Å². The van der Waals surface area contributed by atoms with Crippen molar-refractivity contribution in [2.45, 2.75) is 0 Å². The van der Waals surface area contributed by atoms with Gasteiger partial charge in [-0.3, -0.25) is 3.53 Å². The fourth-order valence-corrected chi connectivity index (χ4v) is 0.498. The fourth-order valence-electron chi connectivity index (χ4n) is 0.277. The molecule has 50 valence electrons. The Bertz CT molecular complexity index is 39.0. The molecule has 8 heavy (non-hydrogen) atoms. The van der Waals surface area contributed by atoms with Gasteiger partial charge in [-0.25, -0.2) is 0 Å². The molecule has 0 heterocycles. The van der Waals surface area contributed by atoms with Crippen LogP contribution >= 0.6 is 22.9 Å². The molecule has 0 radical (unpaired) electrons. The van der Waals surface area contributed by atoms with Crippen LogP contribution in [0.1, 0.15) is 0 Å². The van der Waals surface area contributed by atoms with Crippen molar-refractivity contribution in [2.24, 2.45) is 0 Å². The number of ether oxygens (including phenoxy) is 1. The van der Waals surface area contributed by atoms with E-state index < -0.39 is 0 Å². The molecule has 3 nitrogen and oxygen atoms in total. The highest BCUT2D eigenvalue weighted by Gasteiger charge is 1.82. The molecule has 4 heteroatoms. The van der Waals surface area contributed by atoms with Gasteiger partial charge in [-0.1, -0.05) is 0 Å².